The topological polar surface area (TPSA) is 106 Å². The third-order valence-corrected chi connectivity index (χ3v) is 4.92. The number of rotatable bonds is 8. The molecule has 8 nitrogen and oxygen atoms in total. The van der Waals surface area contributed by atoms with Crippen LogP contribution in [0, 0.1) is 0 Å². The Labute approximate surface area is 190 Å². The second-order valence-corrected chi connectivity index (χ2v) is 7.31. The number of carbonyl (C=O) groups is 3. The summed E-state index contributed by atoms with van der Waals surface area (Å²) in [5.41, 5.74) is 3.21. The predicted octanol–water partition coefficient (Wildman–Crippen LogP) is 3.79. The fourth-order valence-electron chi connectivity index (χ4n) is 2.07. The van der Waals surface area contributed by atoms with Gasteiger partial charge in [0.1, 0.15) is 12.2 Å². The summed E-state index contributed by atoms with van der Waals surface area (Å²) in [7, 11) is 1.27. The summed E-state index contributed by atoms with van der Waals surface area (Å²) in [4.78, 5) is 34.9. The van der Waals surface area contributed by atoms with Crippen molar-refractivity contribution in [1.29, 1.82) is 0 Å². The van der Waals surface area contributed by atoms with Crippen molar-refractivity contribution in [3.05, 3.63) is 56.5 Å². The summed E-state index contributed by atoms with van der Waals surface area (Å²) < 4.78 is 10.4. The van der Waals surface area contributed by atoms with Gasteiger partial charge in [-0.05, 0) is 51.8 Å². The van der Waals surface area contributed by atoms with Crippen molar-refractivity contribution in [2.75, 3.05) is 19.0 Å². The van der Waals surface area contributed by atoms with E-state index in [1.54, 1.807) is 36.4 Å². The van der Waals surface area contributed by atoms with E-state index in [4.69, 9.17) is 27.9 Å². The average Bonchev–Trinajstić information content (AvgIpc) is 2.70. The zero-order chi connectivity index (χ0) is 22.1. The Morgan fingerprint density at radius 1 is 1.17 bits per heavy atom. The van der Waals surface area contributed by atoms with Crippen LogP contribution >= 0.6 is 39.1 Å². The highest BCUT2D eigenvalue weighted by atomic mass is 79.9. The van der Waals surface area contributed by atoms with E-state index >= 15 is 0 Å². The average molecular weight is 517 g/mol. The molecule has 158 valence electrons. The predicted molar refractivity (Wildman–Crippen MR) is 117 cm³/mol. The number of nitrogens with zero attached hydrogens (tertiary/aromatic N) is 1. The summed E-state index contributed by atoms with van der Waals surface area (Å²) >= 11 is 15.2. The van der Waals surface area contributed by atoms with Gasteiger partial charge in [-0.2, -0.15) is 5.10 Å². The minimum atomic E-state index is -0.612. The molecule has 0 bridgehead atoms. The Bertz CT molecular complexity index is 985. The van der Waals surface area contributed by atoms with Crippen molar-refractivity contribution >= 4 is 68.8 Å². The molecule has 0 radical (unpaired) electrons. The molecule has 30 heavy (non-hydrogen) atoms. The summed E-state index contributed by atoms with van der Waals surface area (Å²) in [5, 5.41) is 6.79. The largest absolute Gasteiger partial charge is 0.481 e. The summed E-state index contributed by atoms with van der Waals surface area (Å²) in [6.45, 7) is -0.221. The smallest absolute Gasteiger partial charge is 0.343 e. The van der Waals surface area contributed by atoms with Crippen molar-refractivity contribution in [2.24, 2.45) is 5.10 Å². The molecule has 0 saturated carbocycles. The Hall–Kier alpha value is -2.62. The molecule has 0 saturated heterocycles. The Morgan fingerprint density at radius 2 is 1.93 bits per heavy atom. The lowest BCUT2D eigenvalue weighted by Gasteiger charge is -2.08. The van der Waals surface area contributed by atoms with Crippen LogP contribution < -0.4 is 15.5 Å². The van der Waals surface area contributed by atoms with E-state index in [2.05, 4.69) is 36.5 Å². The van der Waals surface area contributed by atoms with Crippen molar-refractivity contribution in [3.8, 4) is 5.75 Å². The first-order chi connectivity index (χ1) is 14.3. The Morgan fingerprint density at radius 3 is 2.63 bits per heavy atom. The van der Waals surface area contributed by atoms with Gasteiger partial charge >= 0.3 is 5.97 Å². The van der Waals surface area contributed by atoms with Gasteiger partial charge in [-0.15, -0.1) is 0 Å². The van der Waals surface area contributed by atoms with Gasteiger partial charge in [0.25, 0.3) is 0 Å². The van der Waals surface area contributed by atoms with Crippen LogP contribution in [0.4, 0.5) is 5.69 Å². The van der Waals surface area contributed by atoms with E-state index in [-0.39, 0.29) is 16.7 Å². The molecule has 0 aliphatic rings. The Balaban J connectivity index is 1.85. The van der Waals surface area contributed by atoms with Crippen LogP contribution in [-0.4, -0.2) is 37.7 Å². The van der Waals surface area contributed by atoms with Crippen LogP contribution in [0.25, 0.3) is 0 Å². The second-order valence-electron chi connectivity index (χ2n) is 5.67. The summed E-state index contributed by atoms with van der Waals surface area (Å²) in [6, 6.07) is 9.74. The lowest BCUT2D eigenvalue weighted by molar-refractivity contribution is -0.143. The van der Waals surface area contributed by atoms with Crippen molar-refractivity contribution in [1.82, 2.24) is 5.43 Å². The normalized spacial score (nSPS) is 10.5. The van der Waals surface area contributed by atoms with Crippen LogP contribution in [-0.2, 0) is 19.1 Å². The molecule has 2 aromatic rings. The fraction of sp³-hybridized carbons (Fsp3) is 0.158. The number of halogens is 3. The number of anilines is 1. The molecule has 0 spiro atoms. The molecule has 2 N–H and O–H groups in total. The number of methoxy groups -OCH3 is 1. The number of hydrogen-bond acceptors (Lipinski definition) is 6. The van der Waals surface area contributed by atoms with E-state index in [0.717, 1.165) is 0 Å². The maximum atomic E-state index is 12.0. The highest BCUT2D eigenvalue weighted by Crippen LogP contribution is 2.29. The third kappa shape index (κ3) is 7.33. The van der Waals surface area contributed by atoms with Crippen LogP contribution in [0.15, 0.2) is 46.0 Å². The fourth-order valence-corrected chi connectivity index (χ4v) is 2.93. The van der Waals surface area contributed by atoms with E-state index in [9.17, 15) is 14.4 Å². The van der Waals surface area contributed by atoms with E-state index in [0.29, 0.717) is 21.5 Å². The molecule has 0 fully saturated rings. The van der Waals surface area contributed by atoms with Crippen LogP contribution in [0.5, 0.6) is 5.75 Å². The van der Waals surface area contributed by atoms with E-state index < -0.39 is 24.2 Å². The van der Waals surface area contributed by atoms with E-state index in [1.807, 2.05) is 0 Å². The third-order valence-electron chi connectivity index (χ3n) is 3.48. The first-order valence-electron chi connectivity index (χ1n) is 8.35. The van der Waals surface area contributed by atoms with Gasteiger partial charge in [-0.1, -0.05) is 29.3 Å². The maximum absolute atomic E-state index is 12.0. The summed E-state index contributed by atoms with van der Waals surface area (Å²) in [6.07, 6.45) is 0.933. The minimum Gasteiger partial charge on any atom is -0.481 e. The van der Waals surface area contributed by atoms with Crippen molar-refractivity contribution in [2.45, 2.75) is 6.42 Å². The highest BCUT2D eigenvalue weighted by Gasteiger charge is 2.12. The zero-order valence-corrected chi connectivity index (χ0v) is 18.7. The molecule has 0 atom stereocenters. The second kappa shape index (κ2) is 11.5. The van der Waals surface area contributed by atoms with Gasteiger partial charge in [0, 0.05) is 0 Å². The summed E-state index contributed by atoms with van der Waals surface area (Å²) in [5.74, 6) is -1.24. The number of carbonyl (C=O) groups excluding carboxylic acids is 3. The molecular weight excluding hydrogens is 501 g/mol. The van der Waals surface area contributed by atoms with Gasteiger partial charge in [-0.3, -0.25) is 9.59 Å². The van der Waals surface area contributed by atoms with Crippen molar-refractivity contribution in [3.63, 3.8) is 0 Å². The van der Waals surface area contributed by atoms with Gasteiger partial charge in [0.05, 0.1) is 33.5 Å². The monoisotopic (exact) mass is 515 g/mol. The number of benzene rings is 2. The number of hydrazone groups is 1. The number of esters is 1. The van der Waals surface area contributed by atoms with E-state index in [1.165, 1.54) is 13.3 Å². The Kier molecular flexibility index (Phi) is 9.10. The molecule has 0 aliphatic heterocycles. The molecular formula is C19H16BrCl2N3O5. The lowest BCUT2D eigenvalue weighted by Crippen LogP contribution is -2.24. The molecule has 2 amide bonds. The molecule has 2 rings (SSSR count). The molecule has 11 heteroatoms. The van der Waals surface area contributed by atoms with Crippen molar-refractivity contribution < 1.29 is 23.9 Å². The first kappa shape index (κ1) is 23.7. The van der Waals surface area contributed by atoms with Gasteiger partial charge in [0.2, 0.25) is 11.8 Å². The first-order valence-corrected chi connectivity index (χ1v) is 9.90. The van der Waals surface area contributed by atoms with Gasteiger partial charge < -0.3 is 14.8 Å². The molecule has 0 unspecified atom stereocenters. The zero-order valence-electron chi connectivity index (χ0n) is 15.6. The highest BCUT2D eigenvalue weighted by molar-refractivity contribution is 9.10. The lowest BCUT2D eigenvalue weighted by atomic mass is 10.2. The van der Waals surface area contributed by atoms with Crippen LogP contribution in [0.1, 0.15) is 12.0 Å². The van der Waals surface area contributed by atoms with Gasteiger partial charge in [0.15, 0.2) is 6.61 Å². The minimum absolute atomic E-state index is 0.190. The maximum Gasteiger partial charge on any atom is 0.343 e. The molecule has 0 aromatic heterocycles. The van der Waals surface area contributed by atoms with Crippen LogP contribution in [0.3, 0.4) is 0 Å². The SMILES string of the molecule is COC(=O)COc1ccc(C=NNC(=O)CC(=O)Nc2cccc(Cl)c2Cl)cc1Br. The quantitative estimate of drug-likeness (QED) is 0.240. The van der Waals surface area contributed by atoms with Crippen LogP contribution in [0.2, 0.25) is 10.0 Å². The number of nitrogens with one attached hydrogen (secondary N) is 2. The molecule has 0 aliphatic carbocycles. The van der Waals surface area contributed by atoms with Gasteiger partial charge in [-0.25, -0.2) is 10.2 Å². The number of hydrogen-bond donors (Lipinski definition) is 2. The number of amides is 2. The molecule has 0 heterocycles. The molecule has 2 aromatic carbocycles. The number of ether oxygens (including phenoxy) is 2. The standard InChI is InChI=1S/C19H16BrCl2N3O5/c1-29-18(28)10-30-15-6-5-11(7-12(15)20)9-23-25-17(27)8-16(26)24-14-4-2-3-13(21)19(14)22/h2-7,9H,8,10H2,1H3,(H,24,26)(H,25,27).